The Morgan fingerprint density at radius 1 is 1.38 bits per heavy atom. The summed E-state index contributed by atoms with van der Waals surface area (Å²) in [6.07, 6.45) is 0.891. The van der Waals surface area contributed by atoms with E-state index in [1.165, 1.54) is 6.07 Å². The number of ether oxygens (including phenoxy) is 1. The van der Waals surface area contributed by atoms with Crippen LogP contribution in [0, 0.1) is 5.82 Å². The van der Waals surface area contributed by atoms with Crippen molar-refractivity contribution in [1.29, 1.82) is 0 Å². The van der Waals surface area contributed by atoms with Crippen molar-refractivity contribution in [1.82, 2.24) is 5.32 Å². The molecular weight excluding hydrogens is 205 g/mol. The van der Waals surface area contributed by atoms with Crippen LogP contribution in [0.3, 0.4) is 0 Å². The van der Waals surface area contributed by atoms with Crippen LogP contribution < -0.4 is 5.32 Å². The van der Waals surface area contributed by atoms with E-state index >= 15 is 0 Å². The van der Waals surface area contributed by atoms with Crippen LogP contribution in [0.15, 0.2) is 24.3 Å². The van der Waals surface area contributed by atoms with Gasteiger partial charge in [0.15, 0.2) is 0 Å². The molecule has 1 rings (SSSR count). The molecule has 0 fully saturated rings. The van der Waals surface area contributed by atoms with Crippen molar-refractivity contribution in [2.24, 2.45) is 0 Å². The van der Waals surface area contributed by atoms with Gasteiger partial charge in [0.25, 0.3) is 0 Å². The summed E-state index contributed by atoms with van der Waals surface area (Å²) in [6.45, 7) is 5.18. The quantitative estimate of drug-likeness (QED) is 0.803. The zero-order valence-corrected chi connectivity index (χ0v) is 10.2. The fraction of sp³-hybridized carbons (Fsp3) is 0.538. The maximum Gasteiger partial charge on any atom is 0.128 e. The maximum atomic E-state index is 13.4. The number of rotatable bonds is 6. The molecule has 1 aromatic rings. The van der Waals surface area contributed by atoms with Crippen LogP contribution in [0.4, 0.5) is 4.39 Å². The lowest BCUT2D eigenvalue weighted by Gasteiger charge is -2.28. The number of nitrogens with one attached hydrogen (secondary N) is 1. The van der Waals surface area contributed by atoms with E-state index in [-0.39, 0.29) is 11.4 Å². The number of likely N-dealkylation sites (N-methyl/N-ethyl adjacent to an activating group) is 1. The van der Waals surface area contributed by atoms with E-state index in [1.807, 2.05) is 20.0 Å². The van der Waals surface area contributed by atoms with Gasteiger partial charge < -0.3 is 10.1 Å². The molecule has 1 N–H and O–H groups in total. The fourth-order valence-corrected chi connectivity index (χ4v) is 1.52. The van der Waals surface area contributed by atoms with Crippen molar-refractivity contribution < 1.29 is 9.13 Å². The molecule has 3 heteroatoms. The molecule has 0 radical (unpaired) electrons. The highest BCUT2D eigenvalue weighted by atomic mass is 19.1. The molecular formula is C13H20FNO. The first-order chi connectivity index (χ1) is 7.61. The minimum Gasteiger partial charge on any atom is -0.369 e. The van der Waals surface area contributed by atoms with Crippen molar-refractivity contribution in [2.75, 3.05) is 13.6 Å². The van der Waals surface area contributed by atoms with Crippen LogP contribution in [-0.2, 0) is 11.3 Å². The first kappa shape index (κ1) is 13.1. The van der Waals surface area contributed by atoms with Crippen LogP contribution in [0.1, 0.15) is 25.8 Å². The Labute approximate surface area is 96.8 Å². The van der Waals surface area contributed by atoms with Crippen LogP contribution in [-0.4, -0.2) is 19.2 Å². The van der Waals surface area contributed by atoms with E-state index in [0.29, 0.717) is 12.2 Å². The van der Waals surface area contributed by atoms with Crippen LogP contribution in [0.2, 0.25) is 0 Å². The van der Waals surface area contributed by atoms with Gasteiger partial charge in [-0.1, -0.05) is 25.1 Å². The molecule has 16 heavy (non-hydrogen) atoms. The molecule has 1 aromatic carbocycles. The van der Waals surface area contributed by atoms with Gasteiger partial charge in [-0.15, -0.1) is 0 Å². The van der Waals surface area contributed by atoms with Crippen molar-refractivity contribution in [3.05, 3.63) is 35.6 Å². The Bertz CT molecular complexity index is 329. The molecule has 0 aliphatic rings. The summed E-state index contributed by atoms with van der Waals surface area (Å²) in [7, 11) is 1.89. The molecule has 1 atom stereocenters. The monoisotopic (exact) mass is 225 g/mol. The Kier molecular flexibility index (Phi) is 4.90. The average Bonchev–Trinajstić information content (AvgIpc) is 2.28. The SMILES string of the molecule is CCC(C)(CNC)OCc1ccccc1F. The standard InChI is InChI=1S/C13H20FNO/c1-4-13(2,10-15-3)16-9-11-7-5-6-8-12(11)14/h5-8,15H,4,9-10H2,1-3H3. The summed E-state index contributed by atoms with van der Waals surface area (Å²) in [6, 6.07) is 6.72. The normalized spacial score (nSPS) is 14.8. The molecule has 0 saturated carbocycles. The molecule has 90 valence electrons. The molecule has 0 heterocycles. The number of halogens is 1. The van der Waals surface area contributed by atoms with E-state index < -0.39 is 0 Å². The summed E-state index contributed by atoms with van der Waals surface area (Å²) < 4.78 is 19.1. The predicted octanol–water partition coefficient (Wildman–Crippen LogP) is 2.73. The zero-order chi connectivity index (χ0) is 12.0. The Morgan fingerprint density at radius 2 is 2.06 bits per heavy atom. The molecule has 0 amide bonds. The van der Waals surface area contributed by atoms with Crippen molar-refractivity contribution >= 4 is 0 Å². The fourth-order valence-electron chi connectivity index (χ4n) is 1.52. The average molecular weight is 225 g/mol. The van der Waals surface area contributed by atoms with Gasteiger partial charge in [-0.05, 0) is 26.5 Å². The predicted molar refractivity (Wildman–Crippen MR) is 63.8 cm³/mol. The zero-order valence-electron chi connectivity index (χ0n) is 10.2. The molecule has 0 aliphatic carbocycles. The molecule has 0 bridgehead atoms. The van der Waals surface area contributed by atoms with Crippen molar-refractivity contribution in [2.45, 2.75) is 32.5 Å². The molecule has 0 spiro atoms. The summed E-state index contributed by atoms with van der Waals surface area (Å²) in [5, 5.41) is 3.09. The van der Waals surface area contributed by atoms with E-state index in [4.69, 9.17) is 4.74 Å². The molecule has 2 nitrogen and oxygen atoms in total. The minimum absolute atomic E-state index is 0.203. The number of hydrogen-bond acceptors (Lipinski definition) is 2. The topological polar surface area (TPSA) is 21.3 Å². The van der Waals surface area contributed by atoms with E-state index in [2.05, 4.69) is 12.2 Å². The van der Waals surface area contributed by atoms with Gasteiger partial charge >= 0.3 is 0 Å². The van der Waals surface area contributed by atoms with Gasteiger partial charge in [-0.2, -0.15) is 0 Å². The second kappa shape index (κ2) is 5.97. The highest BCUT2D eigenvalue weighted by Crippen LogP contribution is 2.18. The lowest BCUT2D eigenvalue weighted by Crippen LogP contribution is -2.38. The highest BCUT2D eigenvalue weighted by molar-refractivity contribution is 5.16. The molecule has 0 saturated heterocycles. The Hall–Kier alpha value is -0.930. The number of benzene rings is 1. The summed E-state index contributed by atoms with van der Waals surface area (Å²) >= 11 is 0. The van der Waals surface area contributed by atoms with Gasteiger partial charge in [0, 0.05) is 12.1 Å². The van der Waals surface area contributed by atoms with Crippen LogP contribution in [0.25, 0.3) is 0 Å². The third kappa shape index (κ3) is 3.58. The smallest absolute Gasteiger partial charge is 0.128 e. The third-order valence-electron chi connectivity index (χ3n) is 2.83. The summed E-state index contributed by atoms with van der Waals surface area (Å²) in [4.78, 5) is 0. The minimum atomic E-state index is -0.239. The van der Waals surface area contributed by atoms with Gasteiger partial charge in [0.2, 0.25) is 0 Å². The number of hydrogen-bond donors (Lipinski definition) is 1. The molecule has 0 aliphatic heterocycles. The first-order valence-corrected chi connectivity index (χ1v) is 5.63. The van der Waals surface area contributed by atoms with Gasteiger partial charge in [-0.3, -0.25) is 0 Å². The second-order valence-corrected chi connectivity index (χ2v) is 4.21. The van der Waals surface area contributed by atoms with Gasteiger partial charge in [0.1, 0.15) is 5.82 Å². The largest absolute Gasteiger partial charge is 0.369 e. The second-order valence-electron chi connectivity index (χ2n) is 4.21. The Balaban J connectivity index is 2.59. The Morgan fingerprint density at radius 3 is 2.62 bits per heavy atom. The highest BCUT2D eigenvalue weighted by Gasteiger charge is 2.22. The summed E-state index contributed by atoms with van der Waals surface area (Å²) in [5.74, 6) is -0.203. The van der Waals surface area contributed by atoms with E-state index in [9.17, 15) is 4.39 Å². The maximum absolute atomic E-state index is 13.4. The van der Waals surface area contributed by atoms with E-state index in [1.54, 1.807) is 12.1 Å². The van der Waals surface area contributed by atoms with Crippen LogP contribution in [0.5, 0.6) is 0 Å². The lowest BCUT2D eigenvalue weighted by atomic mass is 10.0. The summed E-state index contributed by atoms with van der Waals surface area (Å²) in [5.41, 5.74) is 0.370. The van der Waals surface area contributed by atoms with Crippen LogP contribution >= 0.6 is 0 Å². The van der Waals surface area contributed by atoms with Gasteiger partial charge in [-0.25, -0.2) is 4.39 Å². The van der Waals surface area contributed by atoms with Crippen molar-refractivity contribution in [3.63, 3.8) is 0 Å². The third-order valence-corrected chi connectivity index (χ3v) is 2.83. The van der Waals surface area contributed by atoms with Crippen molar-refractivity contribution in [3.8, 4) is 0 Å². The molecule has 1 unspecified atom stereocenters. The van der Waals surface area contributed by atoms with Gasteiger partial charge in [0.05, 0.1) is 12.2 Å². The molecule has 0 aromatic heterocycles. The lowest BCUT2D eigenvalue weighted by molar-refractivity contribution is -0.0442. The first-order valence-electron chi connectivity index (χ1n) is 5.63. The van der Waals surface area contributed by atoms with E-state index in [0.717, 1.165) is 13.0 Å².